The smallest absolute Gasteiger partial charge is 0.0916 e. The van der Waals surface area contributed by atoms with Crippen LogP contribution in [0.1, 0.15) is 78.1 Å². The standard InChI is InChI=1S/C14H28O/c1-3-5-7-9-11-14(13-15-14)12-10-8-6-4-2/h3-13H2,1-2H3. The monoisotopic (exact) mass is 212 g/mol. The zero-order valence-electron chi connectivity index (χ0n) is 10.7. The van der Waals surface area contributed by atoms with Crippen molar-refractivity contribution in [2.45, 2.75) is 83.7 Å². The first-order valence-corrected chi connectivity index (χ1v) is 6.97. The molecule has 0 amide bonds. The second-order valence-corrected chi connectivity index (χ2v) is 5.09. The fraction of sp³-hybridized carbons (Fsp3) is 1.00. The molecular weight excluding hydrogens is 184 g/mol. The van der Waals surface area contributed by atoms with Gasteiger partial charge in [0.25, 0.3) is 0 Å². The molecule has 1 heteroatoms. The van der Waals surface area contributed by atoms with Gasteiger partial charge >= 0.3 is 0 Å². The van der Waals surface area contributed by atoms with Crippen molar-refractivity contribution in [2.75, 3.05) is 6.61 Å². The molecule has 0 radical (unpaired) electrons. The molecule has 1 rings (SSSR count). The van der Waals surface area contributed by atoms with Gasteiger partial charge in [-0.15, -0.1) is 0 Å². The Balaban J connectivity index is 1.96. The molecule has 0 spiro atoms. The van der Waals surface area contributed by atoms with Crippen LogP contribution in [0.3, 0.4) is 0 Å². The maximum Gasteiger partial charge on any atom is 0.0916 e. The van der Waals surface area contributed by atoms with Crippen LogP contribution in [0.4, 0.5) is 0 Å². The van der Waals surface area contributed by atoms with E-state index in [0.717, 1.165) is 6.61 Å². The summed E-state index contributed by atoms with van der Waals surface area (Å²) in [6.45, 7) is 5.59. The van der Waals surface area contributed by atoms with Crippen LogP contribution in [-0.4, -0.2) is 12.2 Å². The molecule has 0 aliphatic carbocycles. The number of unbranched alkanes of at least 4 members (excludes halogenated alkanes) is 6. The van der Waals surface area contributed by atoms with Crippen molar-refractivity contribution in [1.82, 2.24) is 0 Å². The molecule has 0 atom stereocenters. The van der Waals surface area contributed by atoms with Gasteiger partial charge in [-0.2, -0.15) is 0 Å². The van der Waals surface area contributed by atoms with E-state index >= 15 is 0 Å². The third kappa shape index (κ3) is 5.55. The van der Waals surface area contributed by atoms with E-state index in [-0.39, 0.29) is 0 Å². The van der Waals surface area contributed by atoms with Gasteiger partial charge in [-0.05, 0) is 12.8 Å². The Morgan fingerprint density at radius 3 is 1.60 bits per heavy atom. The number of ether oxygens (including phenoxy) is 1. The largest absolute Gasteiger partial charge is 0.370 e. The van der Waals surface area contributed by atoms with E-state index in [1.807, 2.05) is 0 Å². The lowest BCUT2D eigenvalue weighted by molar-refractivity contribution is 0.260. The first-order valence-electron chi connectivity index (χ1n) is 6.97. The molecule has 1 nitrogen and oxygen atoms in total. The second-order valence-electron chi connectivity index (χ2n) is 5.09. The summed E-state index contributed by atoms with van der Waals surface area (Å²) in [6, 6.07) is 0. The van der Waals surface area contributed by atoms with Crippen LogP contribution < -0.4 is 0 Å². The number of hydrogen-bond donors (Lipinski definition) is 0. The van der Waals surface area contributed by atoms with Crippen molar-refractivity contribution in [3.63, 3.8) is 0 Å². The van der Waals surface area contributed by atoms with E-state index in [4.69, 9.17) is 4.74 Å². The maximum absolute atomic E-state index is 5.66. The van der Waals surface area contributed by atoms with Gasteiger partial charge in [-0.25, -0.2) is 0 Å². The van der Waals surface area contributed by atoms with Gasteiger partial charge in [-0.3, -0.25) is 0 Å². The molecule has 1 aliphatic heterocycles. The van der Waals surface area contributed by atoms with E-state index in [9.17, 15) is 0 Å². The predicted octanol–water partition coefficient (Wildman–Crippen LogP) is 4.70. The fourth-order valence-corrected chi connectivity index (χ4v) is 2.26. The summed E-state index contributed by atoms with van der Waals surface area (Å²) in [5, 5.41) is 0. The minimum Gasteiger partial charge on any atom is -0.370 e. The molecule has 90 valence electrons. The molecule has 0 N–H and O–H groups in total. The normalized spacial score (nSPS) is 18.0. The van der Waals surface area contributed by atoms with Gasteiger partial charge in [-0.1, -0.05) is 65.2 Å². The molecule has 1 heterocycles. The lowest BCUT2D eigenvalue weighted by Crippen LogP contribution is -2.10. The van der Waals surface area contributed by atoms with Crippen LogP contribution in [0, 0.1) is 0 Å². The first-order chi connectivity index (χ1) is 7.33. The van der Waals surface area contributed by atoms with Gasteiger partial charge < -0.3 is 4.74 Å². The van der Waals surface area contributed by atoms with Crippen molar-refractivity contribution in [1.29, 1.82) is 0 Å². The second kappa shape index (κ2) is 7.27. The average Bonchev–Trinajstić information content (AvgIpc) is 3.01. The van der Waals surface area contributed by atoms with Crippen molar-refractivity contribution < 1.29 is 4.74 Å². The van der Waals surface area contributed by atoms with Crippen LogP contribution in [0.2, 0.25) is 0 Å². The minimum absolute atomic E-state index is 0.349. The SMILES string of the molecule is CCCCCCC1(CCCCCC)CO1. The van der Waals surface area contributed by atoms with Crippen LogP contribution in [0.5, 0.6) is 0 Å². The average molecular weight is 212 g/mol. The summed E-state index contributed by atoms with van der Waals surface area (Å²) >= 11 is 0. The molecule has 1 saturated heterocycles. The van der Waals surface area contributed by atoms with Gasteiger partial charge in [0.2, 0.25) is 0 Å². The zero-order valence-corrected chi connectivity index (χ0v) is 10.7. The molecule has 0 bridgehead atoms. The molecule has 1 aliphatic rings. The van der Waals surface area contributed by atoms with E-state index in [1.54, 1.807) is 0 Å². The summed E-state index contributed by atoms with van der Waals surface area (Å²) in [6.07, 6.45) is 13.7. The Kier molecular flexibility index (Phi) is 6.31. The lowest BCUT2D eigenvalue weighted by atomic mass is 9.95. The summed E-state index contributed by atoms with van der Waals surface area (Å²) in [5.41, 5.74) is 0.349. The molecule has 15 heavy (non-hydrogen) atoms. The highest BCUT2D eigenvalue weighted by atomic mass is 16.6. The highest BCUT2D eigenvalue weighted by molar-refractivity contribution is 4.91. The minimum atomic E-state index is 0.349. The Morgan fingerprint density at radius 2 is 1.27 bits per heavy atom. The third-order valence-corrected chi connectivity index (χ3v) is 3.52. The van der Waals surface area contributed by atoms with Crippen molar-refractivity contribution in [3.8, 4) is 0 Å². The molecule has 0 aromatic carbocycles. The van der Waals surface area contributed by atoms with E-state index in [0.29, 0.717) is 5.60 Å². The van der Waals surface area contributed by atoms with E-state index < -0.39 is 0 Å². The molecule has 1 fully saturated rings. The Hall–Kier alpha value is -0.0400. The molecular formula is C14H28O. The Labute approximate surface area is 95.6 Å². The highest BCUT2D eigenvalue weighted by Gasteiger charge is 2.42. The maximum atomic E-state index is 5.66. The van der Waals surface area contributed by atoms with Gasteiger partial charge in [0.05, 0.1) is 12.2 Å². The molecule has 0 unspecified atom stereocenters. The third-order valence-electron chi connectivity index (χ3n) is 3.52. The van der Waals surface area contributed by atoms with E-state index in [2.05, 4.69) is 13.8 Å². The summed E-state index contributed by atoms with van der Waals surface area (Å²) in [5.74, 6) is 0. The van der Waals surface area contributed by atoms with Crippen molar-refractivity contribution in [2.24, 2.45) is 0 Å². The van der Waals surface area contributed by atoms with Gasteiger partial charge in [0.15, 0.2) is 0 Å². The zero-order chi connectivity index (χ0) is 11.0. The molecule has 0 aromatic rings. The lowest BCUT2D eigenvalue weighted by Gasteiger charge is -2.11. The summed E-state index contributed by atoms with van der Waals surface area (Å²) in [4.78, 5) is 0. The van der Waals surface area contributed by atoms with Crippen LogP contribution in [0.15, 0.2) is 0 Å². The van der Waals surface area contributed by atoms with Gasteiger partial charge in [0, 0.05) is 0 Å². The van der Waals surface area contributed by atoms with Crippen LogP contribution in [0.25, 0.3) is 0 Å². The topological polar surface area (TPSA) is 12.5 Å². The van der Waals surface area contributed by atoms with Crippen LogP contribution in [-0.2, 0) is 4.74 Å². The highest BCUT2D eigenvalue weighted by Crippen LogP contribution is 2.38. The predicted molar refractivity (Wildman–Crippen MR) is 66.2 cm³/mol. The van der Waals surface area contributed by atoms with Gasteiger partial charge in [0.1, 0.15) is 0 Å². The van der Waals surface area contributed by atoms with Crippen LogP contribution >= 0.6 is 0 Å². The molecule has 0 aromatic heterocycles. The Morgan fingerprint density at radius 1 is 0.800 bits per heavy atom. The van der Waals surface area contributed by atoms with Crippen molar-refractivity contribution in [3.05, 3.63) is 0 Å². The number of rotatable bonds is 10. The Bertz CT molecular complexity index is 135. The fourth-order valence-electron chi connectivity index (χ4n) is 2.26. The number of epoxide rings is 1. The van der Waals surface area contributed by atoms with Crippen molar-refractivity contribution >= 4 is 0 Å². The molecule has 0 saturated carbocycles. The summed E-state index contributed by atoms with van der Waals surface area (Å²) < 4.78 is 5.66. The number of hydrogen-bond acceptors (Lipinski definition) is 1. The first kappa shape index (κ1) is 13.0. The quantitative estimate of drug-likeness (QED) is 0.378. The van der Waals surface area contributed by atoms with E-state index in [1.165, 1.54) is 64.2 Å². The summed E-state index contributed by atoms with van der Waals surface area (Å²) in [7, 11) is 0.